The molecule has 4 heteroatoms. The number of carbonyl (C=O) groups is 1. The van der Waals surface area contributed by atoms with Crippen molar-refractivity contribution in [2.75, 3.05) is 6.61 Å². The second kappa shape index (κ2) is 9.81. The smallest absolute Gasteiger partial charge is 0.322 e. The summed E-state index contributed by atoms with van der Waals surface area (Å²) in [6.07, 6.45) is 4.03. The molecule has 0 spiro atoms. The van der Waals surface area contributed by atoms with Crippen LogP contribution >= 0.6 is 12.4 Å². The van der Waals surface area contributed by atoms with E-state index in [1.807, 2.05) is 0 Å². The molecule has 0 saturated carbocycles. The third-order valence-electron chi connectivity index (χ3n) is 1.71. The highest BCUT2D eigenvalue weighted by atomic mass is 35.5. The first-order chi connectivity index (χ1) is 5.72. The van der Waals surface area contributed by atoms with E-state index >= 15 is 0 Å². The SMILES string of the molecule is CCCCCC(N)C(=O)OCC.Cl. The number of ether oxygens (including phenoxy) is 1. The van der Waals surface area contributed by atoms with Gasteiger partial charge >= 0.3 is 5.97 Å². The van der Waals surface area contributed by atoms with Crippen molar-refractivity contribution in [3.63, 3.8) is 0 Å². The van der Waals surface area contributed by atoms with E-state index in [-0.39, 0.29) is 18.4 Å². The highest BCUT2D eigenvalue weighted by molar-refractivity contribution is 5.85. The monoisotopic (exact) mass is 209 g/mol. The van der Waals surface area contributed by atoms with Crippen molar-refractivity contribution in [2.24, 2.45) is 5.73 Å². The Labute approximate surface area is 86.4 Å². The van der Waals surface area contributed by atoms with Gasteiger partial charge in [0, 0.05) is 0 Å². The summed E-state index contributed by atoms with van der Waals surface area (Å²) in [5, 5.41) is 0. The van der Waals surface area contributed by atoms with Gasteiger partial charge in [0.15, 0.2) is 0 Å². The summed E-state index contributed by atoms with van der Waals surface area (Å²) in [4.78, 5) is 11.0. The van der Waals surface area contributed by atoms with Crippen LogP contribution in [0.5, 0.6) is 0 Å². The first kappa shape index (κ1) is 15.2. The van der Waals surface area contributed by atoms with Crippen LogP contribution in [0, 0.1) is 0 Å². The Morgan fingerprint density at radius 3 is 2.46 bits per heavy atom. The number of hydrogen-bond acceptors (Lipinski definition) is 3. The summed E-state index contributed by atoms with van der Waals surface area (Å²) in [6, 6.07) is -0.420. The van der Waals surface area contributed by atoms with Gasteiger partial charge in [-0.05, 0) is 13.3 Å². The molecule has 0 radical (unpaired) electrons. The molecule has 0 bridgehead atoms. The van der Waals surface area contributed by atoms with Gasteiger partial charge in [0.1, 0.15) is 6.04 Å². The lowest BCUT2D eigenvalue weighted by Gasteiger charge is -2.09. The first-order valence-electron chi connectivity index (χ1n) is 4.64. The number of carbonyl (C=O) groups excluding carboxylic acids is 1. The molecular formula is C9H20ClNO2. The lowest BCUT2D eigenvalue weighted by atomic mass is 10.1. The molecule has 0 saturated heterocycles. The molecule has 0 aliphatic carbocycles. The van der Waals surface area contributed by atoms with Gasteiger partial charge < -0.3 is 10.5 Å². The third kappa shape index (κ3) is 8.06. The molecule has 80 valence electrons. The number of rotatable bonds is 6. The third-order valence-corrected chi connectivity index (χ3v) is 1.71. The topological polar surface area (TPSA) is 52.3 Å². The van der Waals surface area contributed by atoms with E-state index in [4.69, 9.17) is 10.5 Å². The van der Waals surface area contributed by atoms with Crippen LogP contribution in [0.1, 0.15) is 39.5 Å². The lowest BCUT2D eigenvalue weighted by Crippen LogP contribution is -2.32. The average Bonchev–Trinajstić information content (AvgIpc) is 2.05. The minimum absolute atomic E-state index is 0. The maximum absolute atomic E-state index is 11.0. The molecular weight excluding hydrogens is 190 g/mol. The van der Waals surface area contributed by atoms with Gasteiger partial charge in [-0.15, -0.1) is 12.4 Å². The molecule has 0 fully saturated rings. The van der Waals surface area contributed by atoms with Gasteiger partial charge in [-0.2, -0.15) is 0 Å². The van der Waals surface area contributed by atoms with Gasteiger partial charge in [0.2, 0.25) is 0 Å². The van der Waals surface area contributed by atoms with Gasteiger partial charge in [-0.25, -0.2) is 0 Å². The molecule has 0 aromatic carbocycles. The fourth-order valence-electron chi connectivity index (χ4n) is 0.981. The summed E-state index contributed by atoms with van der Waals surface area (Å²) in [5.74, 6) is -0.270. The maximum Gasteiger partial charge on any atom is 0.322 e. The van der Waals surface area contributed by atoms with Gasteiger partial charge in [-0.1, -0.05) is 26.2 Å². The average molecular weight is 210 g/mol. The van der Waals surface area contributed by atoms with Crippen LogP contribution in [-0.4, -0.2) is 18.6 Å². The Balaban J connectivity index is 0. The van der Waals surface area contributed by atoms with Crippen LogP contribution in [-0.2, 0) is 9.53 Å². The van der Waals surface area contributed by atoms with E-state index in [0.717, 1.165) is 25.7 Å². The molecule has 0 rings (SSSR count). The molecule has 1 unspecified atom stereocenters. The summed E-state index contributed by atoms with van der Waals surface area (Å²) in [6.45, 7) is 4.33. The van der Waals surface area contributed by atoms with E-state index in [9.17, 15) is 4.79 Å². The van der Waals surface area contributed by atoms with Crippen LogP contribution in [0.25, 0.3) is 0 Å². The van der Waals surface area contributed by atoms with Gasteiger partial charge in [0.05, 0.1) is 6.61 Å². The molecule has 0 aromatic heterocycles. The largest absolute Gasteiger partial charge is 0.465 e. The van der Waals surface area contributed by atoms with E-state index in [0.29, 0.717) is 6.61 Å². The summed E-state index contributed by atoms with van der Waals surface area (Å²) >= 11 is 0. The molecule has 1 atom stereocenters. The van der Waals surface area contributed by atoms with E-state index < -0.39 is 6.04 Å². The number of unbranched alkanes of at least 4 members (excludes halogenated alkanes) is 2. The molecule has 0 aromatic rings. The maximum atomic E-state index is 11.0. The molecule has 3 nitrogen and oxygen atoms in total. The number of nitrogens with two attached hydrogens (primary N) is 1. The second-order valence-corrected chi connectivity index (χ2v) is 2.85. The number of hydrogen-bond donors (Lipinski definition) is 1. The Kier molecular flexibility index (Phi) is 11.5. The lowest BCUT2D eigenvalue weighted by molar-refractivity contribution is -0.144. The predicted octanol–water partition coefficient (Wildman–Crippen LogP) is 1.88. The minimum atomic E-state index is -0.420. The van der Waals surface area contributed by atoms with Gasteiger partial charge in [-0.3, -0.25) is 4.79 Å². The van der Waals surface area contributed by atoms with Crippen LogP contribution < -0.4 is 5.73 Å². The minimum Gasteiger partial charge on any atom is -0.465 e. The molecule has 0 heterocycles. The summed E-state index contributed by atoms with van der Waals surface area (Å²) < 4.78 is 4.77. The highest BCUT2D eigenvalue weighted by Gasteiger charge is 2.12. The summed E-state index contributed by atoms with van der Waals surface area (Å²) in [5.41, 5.74) is 5.57. The first-order valence-corrected chi connectivity index (χ1v) is 4.64. The van der Waals surface area contributed by atoms with Crippen LogP contribution in [0.2, 0.25) is 0 Å². The fourth-order valence-corrected chi connectivity index (χ4v) is 0.981. The molecule has 13 heavy (non-hydrogen) atoms. The summed E-state index contributed by atoms with van der Waals surface area (Å²) in [7, 11) is 0. The fraction of sp³-hybridized carbons (Fsp3) is 0.889. The van der Waals surface area contributed by atoms with Crippen LogP contribution in [0.3, 0.4) is 0 Å². The van der Waals surface area contributed by atoms with Crippen molar-refractivity contribution < 1.29 is 9.53 Å². The van der Waals surface area contributed by atoms with Crippen molar-refractivity contribution in [3.8, 4) is 0 Å². The van der Waals surface area contributed by atoms with Crippen molar-refractivity contribution in [3.05, 3.63) is 0 Å². The van der Waals surface area contributed by atoms with E-state index in [2.05, 4.69) is 6.92 Å². The zero-order valence-electron chi connectivity index (χ0n) is 8.41. The standard InChI is InChI=1S/C9H19NO2.ClH/c1-3-5-6-7-8(10)9(11)12-4-2;/h8H,3-7,10H2,1-2H3;1H. The van der Waals surface area contributed by atoms with Crippen molar-refractivity contribution in [1.82, 2.24) is 0 Å². The molecule has 0 aliphatic rings. The molecule has 2 N–H and O–H groups in total. The Morgan fingerprint density at radius 1 is 1.38 bits per heavy atom. The predicted molar refractivity (Wildman–Crippen MR) is 56.0 cm³/mol. The second-order valence-electron chi connectivity index (χ2n) is 2.85. The quantitative estimate of drug-likeness (QED) is 0.537. The van der Waals surface area contributed by atoms with Crippen molar-refractivity contribution >= 4 is 18.4 Å². The highest BCUT2D eigenvalue weighted by Crippen LogP contribution is 2.02. The van der Waals surface area contributed by atoms with E-state index in [1.165, 1.54) is 0 Å². The molecule has 0 amide bonds. The van der Waals surface area contributed by atoms with Crippen molar-refractivity contribution in [1.29, 1.82) is 0 Å². The van der Waals surface area contributed by atoms with E-state index in [1.54, 1.807) is 6.92 Å². The van der Waals surface area contributed by atoms with Crippen LogP contribution in [0.15, 0.2) is 0 Å². The number of halogens is 1. The Hall–Kier alpha value is -0.280. The number of esters is 1. The van der Waals surface area contributed by atoms with Crippen molar-refractivity contribution in [2.45, 2.75) is 45.6 Å². The zero-order valence-corrected chi connectivity index (χ0v) is 9.23. The van der Waals surface area contributed by atoms with Crippen LogP contribution in [0.4, 0.5) is 0 Å². The molecule has 0 aliphatic heterocycles. The Bertz CT molecular complexity index is 131. The Morgan fingerprint density at radius 2 is 2.00 bits per heavy atom. The normalized spacial score (nSPS) is 11.6. The van der Waals surface area contributed by atoms with Gasteiger partial charge in [0.25, 0.3) is 0 Å². The zero-order chi connectivity index (χ0) is 9.40.